The van der Waals surface area contributed by atoms with Gasteiger partial charge in [-0.15, -0.1) is 11.3 Å². The van der Waals surface area contributed by atoms with Gasteiger partial charge in [-0.1, -0.05) is 60.3 Å². The van der Waals surface area contributed by atoms with Gasteiger partial charge >= 0.3 is 5.97 Å². The Bertz CT molecular complexity index is 1000. The van der Waals surface area contributed by atoms with Crippen LogP contribution in [0.2, 0.25) is 0 Å². The molecule has 0 aliphatic carbocycles. The minimum atomic E-state index is -0.897. The minimum absolute atomic E-state index is 0.176. The molecule has 156 valence electrons. The number of nitrogens with zero attached hydrogens (tertiary/aromatic N) is 1. The van der Waals surface area contributed by atoms with Crippen molar-refractivity contribution < 1.29 is 14.3 Å². The average molecular weight is 441 g/mol. The summed E-state index contributed by atoms with van der Waals surface area (Å²) in [4.78, 5) is 29.7. The molecule has 0 spiro atoms. The average Bonchev–Trinajstić information content (AvgIpc) is 3.18. The number of carbonyl (C=O) groups excluding carboxylic acids is 2. The van der Waals surface area contributed by atoms with Crippen LogP contribution in [0.1, 0.15) is 47.1 Å². The van der Waals surface area contributed by atoms with Crippen LogP contribution in [0.3, 0.4) is 0 Å². The Morgan fingerprint density at radius 3 is 2.50 bits per heavy atom. The first kappa shape index (κ1) is 22.1. The summed E-state index contributed by atoms with van der Waals surface area (Å²) in [5.74, 6) is -0.231. The molecule has 2 unspecified atom stereocenters. The molecule has 0 aliphatic rings. The fourth-order valence-electron chi connectivity index (χ4n) is 2.82. The molecule has 1 N–H and O–H groups in total. The highest BCUT2D eigenvalue weighted by molar-refractivity contribution is 8.00. The SMILES string of the molecule is Cc1csc(SCc2ccccc2C(=O)OC(C)C(=O)NC(C)c2ccccc2)n1. The summed E-state index contributed by atoms with van der Waals surface area (Å²) in [6, 6.07) is 16.8. The number of aromatic nitrogens is 1. The second kappa shape index (κ2) is 10.4. The Labute approximate surface area is 184 Å². The van der Waals surface area contributed by atoms with E-state index in [0.29, 0.717) is 11.3 Å². The molecular formula is C23H24N2O3S2. The number of rotatable bonds is 8. The molecule has 0 radical (unpaired) electrons. The molecule has 5 nitrogen and oxygen atoms in total. The van der Waals surface area contributed by atoms with E-state index in [4.69, 9.17) is 4.74 Å². The third-order valence-electron chi connectivity index (χ3n) is 4.50. The lowest BCUT2D eigenvalue weighted by atomic mass is 10.1. The molecule has 0 saturated carbocycles. The van der Waals surface area contributed by atoms with Gasteiger partial charge in [0.25, 0.3) is 5.91 Å². The molecule has 7 heteroatoms. The number of nitrogens with one attached hydrogen (secondary N) is 1. The van der Waals surface area contributed by atoms with Gasteiger partial charge in [-0.05, 0) is 38.0 Å². The molecule has 30 heavy (non-hydrogen) atoms. The third-order valence-corrected chi connectivity index (χ3v) is 6.69. The van der Waals surface area contributed by atoms with Crippen LogP contribution in [0.5, 0.6) is 0 Å². The zero-order chi connectivity index (χ0) is 21.5. The number of benzene rings is 2. The van der Waals surface area contributed by atoms with Crippen molar-refractivity contribution in [2.75, 3.05) is 0 Å². The molecular weight excluding hydrogens is 416 g/mol. The number of amides is 1. The lowest BCUT2D eigenvalue weighted by Gasteiger charge is -2.19. The van der Waals surface area contributed by atoms with E-state index < -0.39 is 12.1 Å². The Morgan fingerprint density at radius 1 is 1.10 bits per heavy atom. The van der Waals surface area contributed by atoms with Crippen LogP contribution in [-0.2, 0) is 15.3 Å². The van der Waals surface area contributed by atoms with Crippen LogP contribution >= 0.6 is 23.1 Å². The topological polar surface area (TPSA) is 68.3 Å². The highest BCUT2D eigenvalue weighted by Crippen LogP contribution is 2.27. The van der Waals surface area contributed by atoms with Gasteiger partial charge < -0.3 is 10.1 Å². The summed E-state index contributed by atoms with van der Waals surface area (Å²) in [6.45, 7) is 5.44. The molecule has 1 amide bonds. The summed E-state index contributed by atoms with van der Waals surface area (Å²) in [6.07, 6.45) is -0.897. The van der Waals surface area contributed by atoms with Crippen LogP contribution in [0.4, 0.5) is 0 Å². The van der Waals surface area contributed by atoms with Crippen LogP contribution in [-0.4, -0.2) is 23.0 Å². The maximum absolute atomic E-state index is 12.7. The van der Waals surface area contributed by atoms with E-state index in [1.54, 1.807) is 42.2 Å². The standard InChI is InChI=1S/C23H24N2O3S2/c1-15-13-29-23(24-15)30-14-19-11-7-8-12-20(19)22(27)28-17(3)21(26)25-16(2)18-9-5-4-6-10-18/h4-13,16-17H,14H2,1-3H3,(H,25,26). The van der Waals surface area contributed by atoms with Crippen molar-refractivity contribution in [3.05, 3.63) is 82.4 Å². The number of thiazole rings is 1. The summed E-state index contributed by atoms with van der Waals surface area (Å²) in [5.41, 5.74) is 3.29. The van der Waals surface area contributed by atoms with E-state index in [2.05, 4.69) is 10.3 Å². The quantitative estimate of drug-likeness (QED) is 0.387. The van der Waals surface area contributed by atoms with Gasteiger partial charge in [0, 0.05) is 16.8 Å². The van der Waals surface area contributed by atoms with E-state index in [1.165, 1.54) is 0 Å². The molecule has 1 heterocycles. The smallest absolute Gasteiger partial charge is 0.339 e. The Kier molecular flexibility index (Phi) is 7.65. The fraction of sp³-hybridized carbons (Fsp3) is 0.261. The van der Waals surface area contributed by atoms with Crippen molar-refractivity contribution in [3.8, 4) is 0 Å². The van der Waals surface area contributed by atoms with Crippen molar-refractivity contribution >= 4 is 35.0 Å². The Morgan fingerprint density at radius 2 is 1.80 bits per heavy atom. The van der Waals surface area contributed by atoms with Gasteiger partial charge in [-0.2, -0.15) is 0 Å². The summed E-state index contributed by atoms with van der Waals surface area (Å²) < 4.78 is 6.42. The molecule has 1 aromatic heterocycles. The lowest BCUT2D eigenvalue weighted by Crippen LogP contribution is -2.37. The number of aryl methyl sites for hydroxylation is 1. The zero-order valence-electron chi connectivity index (χ0n) is 17.1. The normalized spacial score (nSPS) is 12.8. The largest absolute Gasteiger partial charge is 0.449 e. The minimum Gasteiger partial charge on any atom is -0.449 e. The van der Waals surface area contributed by atoms with Gasteiger partial charge in [0.1, 0.15) is 4.34 Å². The molecule has 2 atom stereocenters. The first-order valence-electron chi connectivity index (χ1n) is 9.63. The Balaban J connectivity index is 1.60. The van der Waals surface area contributed by atoms with Crippen molar-refractivity contribution in [1.82, 2.24) is 10.3 Å². The number of thioether (sulfide) groups is 1. The molecule has 0 bridgehead atoms. The van der Waals surface area contributed by atoms with Gasteiger partial charge in [0.2, 0.25) is 0 Å². The molecule has 3 rings (SSSR count). The highest BCUT2D eigenvalue weighted by Gasteiger charge is 2.22. The summed E-state index contributed by atoms with van der Waals surface area (Å²) in [7, 11) is 0. The van der Waals surface area contributed by atoms with Crippen LogP contribution in [0.25, 0.3) is 0 Å². The van der Waals surface area contributed by atoms with Crippen molar-refractivity contribution in [2.45, 2.75) is 43.0 Å². The number of carbonyl (C=O) groups is 2. The predicted octanol–water partition coefficient (Wildman–Crippen LogP) is 5.17. The van der Waals surface area contributed by atoms with E-state index >= 15 is 0 Å². The molecule has 3 aromatic rings. The van der Waals surface area contributed by atoms with Gasteiger partial charge in [-0.25, -0.2) is 9.78 Å². The number of ether oxygens (including phenoxy) is 1. The maximum atomic E-state index is 12.7. The number of esters is 1. The van der Waals surface area contributed by atoms with E-state index in [0.717, 1.165) is 21.2 Å². The van der Waals surface area contributed by atoms with Crippen LogP contribution < -0.4 is 5.32 Å². The molecule has 0 fully saturated rings. The number of hydrogen-bond acceptors (Lipinski definition) is 6. The second-order valence-corrected chi connectivity index (χ2v) is 8.97. The van der Waals surface area contributed by atoms with Gasteiger partial charge in [-0.3, -0.25) is 4.79 Å². The summed E-state index contributed by atoms with van der Waals surface area (Å²) >= 11 is 3.16. The van der Waals surface area contributed by atoms with Crippen LogP contribution in [0, 0.1) is 6.92 Å². The van der Waals surface area contributed by atoms with E-state index in [-0.39, 0.29) is 11.9 Å². The fourth-order valence-corrected chi connectivity index (χ4v) is 4.67. The Hall–Kier alpha value is -2.64. The predicted molar refractivity (Wildman–Crippen MR) is 121 cm³/mol. The van der Waals surface area contributed by atoms with E-state index in [9.17, 15) is 9.59 Å². The van der Waals surface area contributed by atoms with Crippen molar-refractivity contribution in [3.63, 3.8) is 0 Å². The van der Waals surface area contributed by atoms with Gasteiger partial charge in [0.05, 0.1) is 11.6 Å². The second-order valence-electron chi connectivity index (χ2n) is 6.89. The zero-order valence-corrected chi connectivity index (χ0v) is 18.8. The maximum Gasteiger partial charge on any atom is 0.339 e. The summed E-state index contributed by atoms with van der Waals surface area (Å²) in [5, 5.41) is 4.89. The monoisotopic (exact) mass is 440 g/mol. The van der Waals surface area contributed by atoms with Crippen LogP contribution in [0.15, 0.2) is 64.3 Å². The molecule has 2 aromatic carbocycles. The lowest BCUT2D eigenvalue weighted by molar-refractivity contribution is -0.129. The number of hydrogen-bond donors (Lipinski definition) is 1. The molecule has 0 saturated heterocycles. The van der Waals surface area contributed by atoms with Crippen molar-refractivity contribution in [2.24, 2.45) is 0 Å². The van der Waals surface area contributed by atoms with E-state index in [1.807, 2.05) is 61.7 Å². The van der Waals surface area contributed by atoms with Gasteiger partial charge in [0.15, 0.2) is 6.10 Å². The third kappa shape index (κ3) is 5.93. The first-order valence-corrected chi connectivity index (χ1v) is 11.5. The van der Waals surface area contributed by atoms with Crippen molar-refractivity contribution in [1.29, 1.82) is 0 Å². The first-order chi connectivity index (χ1) is 14.4. The molecule has 0 aliphatic heterocycles. The highest BCUT2D eigenvalue weighted by atomic mass is 32.2.